The Morgan fingerprint density at radius 2 is 1.83 bits per heavy atom. The number of benzene rings is 2. The van der Waals surface area contributed by atoms with E-state index in [0.717, 1.165) is 18.7 Å². The van der Waals surface area contributed by atoms with Crippen LogP contribution < -0.4 is 4.90 Å². The molecule has 186 valence electrons. The smallest absolute Gasteiger partial charge is 0.324 e. The molecule has 0 saturated carbocycles. The molecule has 0 bridgehead atoms. The molecule has 1 aromatic heterocycles. The molecule has 0 unspecified atom stereocenters. The van der Waals surface area contributed by atoms with Gasteiger partial charge in [-0.3, -0.25) is 4.90 Å². The number of aromatic nitrogens is 2. The number of alkyl halides is 2. The van der Waals surface area contributed by atoms with Gasteiger partial charge < -0.3 is 14.2 Å². The number of nitrogens with zero attached hydrogens (tertiary/aromatic N) is 5. The topological polar surface area (TPSA) is 65.7 Å². The van der Waals surface area contributed by atoms with Crippen LogP contribution >= 0.6 is 11.6 Å². The summed E-state index contributed by atoms with van der Waals surface area (Å²) in [6.07, 6.45) is -2.94. The predicted octanol–water partition coefficient (Wildman–Crippen LogP) is 5.37. The average Bonchev–Trinajstić information content (AvgIpc) is 3.36. The van der Waals surface area contributed by atoms with E-state index >= 15 is 4.39 Å². The van der Waals surface area contributed by atoms with Crippen molar-refractivity contribution >= 4 is 23.3 Å². The highest BCUT2D eigenvalue weighted by Crippen LogP contribution is 2.28. The SMILES string of the molecule is CCN1CCN(C(=O)N(Cc2ccc(-c3nnc(C(F)F)o3)cc2F)c2ccc(F)c(Cl)c2)CC1. The van der Waals surface area contributed by atoms with E-state index in [2.05, 4.69) is 15.1 Å². The van der Waals surface area contributed by atoms with E-state index in [4.69, 9.17) is 16.0 Å². The largest absolute Gasteiger partial charge is 0.415 e. The van der Waals surface area contributed by atoms with Gasteiger partial charge in [0, 0.05) is 43.0 Å². The third-order valence-electron chi connectivity index (χ3n) is 5.79. The summed E-state index contributed by atoms with van der Waals surface area (Å²) < 4.78 is 59.1. The van der Waals surface area contributed by atoms with Gasteiger partial charge in [-0.1, -0.05) is 24.6 Å². The lowest BCUT2D eigenvalue weighted by molar-refractivity contribution is 0.116. The van der Waals surface area contributed by atoms with Crippen LogP contribution in [0.15, 0.2) is 40.8 Å². The number of carbonyl (C=O) groups excluding carboxylic acids is 1. The number of likely N-dealkylation sites (N-methyl/N-ethyl adjacent to an activating group) is 1. The second-order valence-electron chi connectivity index (χ2n) is 7.94. The number of piperazine rings is 1. The molecular weight excluding hydrogens is 490 g/mol. The van der Waals surface area contributed by atoms with Crippen molar-refractivity contribution in [2.24, 2.45) is 0 Å². The average molecular weight is 512 g/mol. The second kappa shape index (κ2) is 10.6. The molecule has 0 N–H and O–H groups in total. The van der Waals surface area contributed by atoms with Crippen LogP contribution in [0.2, 0.25) is 5.02 Å². The monoisotopic (exact) mass is 511 g/mol. The molecule has 7 nitrogen and oxygen atoms in total. The van der Waals surface area contributed by atoms with Gasteiger partial charge in [-0.2, -0.15) is 8.78 Å². The number of hydrogen-bond acceptors (Lipinski definition) is 5. The Balaban J connectivity index is 1.61. The fourth-order valence-corrected chi connectivity index (χ4v) is 3.94. The van der Waals surface area contributed by atoms with Crippen LogP contribution in [0.3, 0.4) is 0 Å². The van der Waals surface area contributed by atoms with Gasteiger partial charge in [0.15, 0.2) is 0 Å². The number of hydrogen-bond donors (Lipinski definition) is 0. The number of amides is 2. The van der Waals surface area contributed by atoms with Crippen molar-refractivity contribution in [1.29, 1.82) is 0 Å². The van der Waals surface area contributed by atoms with Crippen LogP contribution in [0.25, 0.3) is 11.5 Å². The van der Waals surface area contributed by atoms with Crippen LogP contribution in [-0.2, 0) is 6.54 Å². The van der Waals surface area contributed by atoms with Crippen molar-refractivity contribution in [2.45, 2.75) is 19.9 Å². The number of halogens is 5. The van der Waals surface area contributed by atoms with E-state index in [9.17, 15) is 18.0 Å². The summed E-state index contributed by atoms with van der Waals surface area (Å²) in [7, 11) is 0. The highest BCUT2D eigenvalue weighted by atomic mass is 35.5. The summed E-state index contributed by atoms with van der Waals surface area (Å²) in [6.45, 7) is 5.12. The first-order valence-corrected chi connectivity index (χ1v) is 11.3. The Hall–Kier alpha value is -3.18. The van der Waals surface area contributed by atoms with Crippen molar-refractivity contribution in [3.05, 3.63) is 64.5 Å². The van der Waals surface area contributed by atoms with Gasteiger partial charge in [0.05, 0.1) is 11.6 Å². The summed E-state index contributed by atoms with van der Waals surface area (Å²) in [4.78, 5) is 18.6. The van der Waals surface area contributed by atoms with E-state index in [-0.39, 0.29) is 34.6 Å². The maximum atomic E-state index is 15.0. The molecule has 1 fully saturated rings. The molecule has 35 heavy (non-hydrogen) atoms. The van der Waals surface area contributed by atoms with Gasteiger partial charge in [-0.15, -0.1) is 10.2 Å². The van der Waals surface area contributed by atoms with Crippen molar-refractivity contribution in [2.75, 3.05) is 37.6 Å². The Morgan fingerprint density at radius 3 is 2.43 bits per heavy atom. The lowest BCUT2D eigenvalue weighted by Crippen LogP contribution is -2.52. The van der Waals surface area contributed by atoms with E-state index in [0.29, 0.717) is 31.9 Å². The summed E-state index contributed by atoms with van der Waals surface area (Å²) in [5.74, 6) is -2.46. The van der Waals surface area contributed by atoms with Crippen molar-refractivity contribution in [3.8, 4) is 11.5 Å². The minimum atomic E-state index is -2.94. The Labute approximate surface area is 203 Å². The maximum absolute atomic E-state index is 15.0. The minimum Gasteiger partial charge on any atom is -0.415 e. The van der Waals surface area contributed by atoms with E-state index in [1.807, 2.05) is 6.92 Å². The van der Waals surface area contributed by atoms with Crippen LogP contribution in [0.5, 0.6) is 0 Å². The van der Waals surface area contributed by atoms with Gasteiger partial charge in [0.25, 0.3) is 5.89 Å². The summed E-state index contributed by atoms with van der Waals surface area (Å²) >= 11 is 5.95. The van der Waals surface area contributed by atoms with Crippen molar-refractivity contribution < 1.29 is 26.8 Å². The number of anilines is 1. The van der Waals surface area contributed by atoms with Gasteiger partial charge in [0.1, 0.15) is 11.6 Å². The standard InChI is InChI=1S/C23H22ClF4N5O2/c1-2-31-7-9-32(10-8-31)23(34)33(16-5-6-18(25)17(24)12-16)13-15-4-3-14(11-19(15)26)21-29-30-22(35-21)20(27)28/h3-6,11-12,20H,2,7-10,13H2,1H3. The van der Waals surface area contributed by atoms with E-state index < -0.39 is 24.0 Å². The highest BCUT2D eigenvalue weighted by Gasteiger charge is 2.27. The number of urea groups is 1. The molecule has 3 aromatic rings. The molecule has 2 amide bonds. The Morgan fingerprint density at radius 1 is 1.09 bits per heavy atom. The first kappa shape index (κ1) is 24.9. The first-order valence-electron chi connectivity index (χ1n) is 10.9. The molecule has 1 aliphatic heterocycles. The van der Waals surface area contributed by atoms with E-state index in [1.165, 1.54) is 29.2 Å². The fraction of sp³-hybridized carbons (Fsp3) is 0.348. The molecule has 12 heteroatoms. The zero-order valence-electron chi connectivity index (χ0n) is 18.7. The van der Waals surface area contributed by atoms with Crippen molar-refractivity contribution in [1.82, 2.24) is 20.0 Å². The lowest BCUT2D eigenvalue weighted by atomic mass is 10.1. The molecule has 2 aromatic carbocycles. The summed E-state index contributed by atoms with van der Waals surface area (Å²) in [5, 5.41) is 6.59. The minimum absolute atomic E-state index is 0.115. The zero-order chi connectivity index (χ0) is 25.1. The van der Waals surface area contributed by atoms with Crippen LogP contribution in [0, 0.1) is 11.6 Å². The molecule has 4 rings (SSSR count). The van der Waals surface area contributed by atoms with Gasteiger partial charge in [-0.25, -0.2) is 13.6 Å². The van der Waals surface area contributed by atoms with Gasteiger partial charge in [0.2, 0.25) is 5.89 Å². The van der Waals surface area contributed by atoms with E-state index in [1.54, 1.807) is 4.90 Å². The van der Waals surface area contributed by atoms with Gasteiger partial charge >= 0.3 is 12.5 Å². The Kier molecular flexibility index (Phi) is 7.56. The number of rotatable bonds is 6. The molecule has 2 heterocycles. The lowest BCUT2D eigenvalue weighted by Gasteiger charge is -2.37. The van der Waals surface area contributed by atoms with Crippen LogP contribution in [0.4, 0.5) is 28.0 Å². The second-order valence-corrected chi connectivity index (χ2v) is 8.35. The summed E-state index contributed by atoms with van der Waals surface area (Å²) in [5.41, 5.74) is 0.564. The molecule has 0 aliphatic carbocycles. The maximum Gasteiger partial charge on any atom is 0.324 e. The highest BCUT2D eigenvalue weighted by molar-refractivity contribution is 6.31. The number of carbonyl (C=O) groups is 1. The normalized spacial score (nSPS) is 14.5. The van der Waals surface area contributed by atoms with Crippen LogP contribution in [0.1, 0.15) is 24.8 Å². The first-order chi connectivity index (χ1) is 16.8. The van der Waals surface area contributed by atoms with Crippen LogP contribution in [-0.4, -0.2) is 58.8 Å². The molecular formula is C23H22ClF4N5O2. The molecule has 1 saturated heterocycles. The zero-order valence-corrected chi connectivity index (χ0v) is 19.5. The van der Waals surface area contributed by atoms with Crippen molar-refractivity contribution in [3.63, 3.8) is 0 Å². The third kappa shape index (κ3) is 5.57. The molecule has 0 radical (unpaired) electrons. The Bertz CT molecular complexity index is 1200. The van der Waals surface area contributed by atoms with Gasteiger partial charge in [-0.05, 0) is 36.9 Å². The molecule has 0 atom stereocenters. The molecule has 1 aliphatic rings. The quantitative estimate of drug-likeness (QED) is 0.416. The fourth-order valence-electron chi connectivity index (χ4n) is 3.77. The third-order valence-corrected chi connectivity index (χ3v) is 6.08. The summed E-state index contributed by atoms with van der Waals surface area (Å²) in [6, 6.07) is 7.39. The molecule has 0 spiro atoms. The predicted molar refractivity (Wildman–Crippen MR) is 121 cm³/mol.